The predicted octanol–water partition coefficient (Wildman–Crippen LogP) is 3.46. The van der Waals surface area contributed by atoms with Crippen molar-refractivity contribution in [1.29, 1.82) is 0 Å². The number of carbonyl (C=O) groups is 1. The number of non-ortho nitro benzene ring substituents is 1. The first-order valence-electron chi connectivity index (χ1n) is 9.22. The summed E-state index contributed by atoms with van der Waals surface area (Å²) < 4.78 is 6.62. The van der Waals surface area contributed by atoms with Gasteiger partial charge in [0.25, 0.3) is 11.2 Å². The molecule has 2 heterocycles. The highest BCUT2D eigenvalue weighted by atomic mass is 35.5. The summed E-state index contributed by atoms with van der Waals surface area (Å²) in [7, 11) is 0. The average molecular weight is 431 g/mol. The lowest BCUT2D eigenvalue weighted by molar-refractivity contribution is -0.384. The lowest BCUT2D eigenvalue weighted by atomic mass is 10.1. The standard InChI is InChI=1S/C20H19ClN4O5/c1-3-23(4-2)17-7-6-15(25(28)29)10-16(17)20(27)30-12-14-9-19(26)24-11-13(21)5-8-18(24)22-14/h5-11H,3-4,12H2,1-2H3. The number of fused-ring (bicyclic) bond motifs is 1. The number of nitrogens with zero attached hydrogens (tertiary/aromatic N) is 4. The van der Waals surface area contributed by atoms with E-state index in [0.717, 1.165) is 0 Å². The van der Waals surface area contributed by atoms with E-state index in [1.54, 1.807) is 12.1 Å². The summed E-state index contributed by atoms with van der Waals surface area (Å²) in [5, 5.41) is 11.5. The zero-order valence-electron chi connectivity index (χ0n) is 16.4. The van der Waals surface area contributed by atoms with Crippen LogP contribution in [-0.2, 0) is 11.3 Å². The van der Waals surface area contributed by atoms with Gasteiger partial charge in [-0.25, -0.2) is 9.78 Å². The van der Waals surface area contributed by atoms with E-state index in [1.807, 2.05) is 18.7 Å². The van der Waals surface area contributed by atoms with Crippen LogP contribution in [0.25, 0.3) is 5.65 Å². The SMILES string of the molecule is CCN(CC)c1ccc([N+](=O)[O-])cc1C(=O)OCc1cc(=O)n2cc(Cl)ccc2n1. The smallest absolute Gasteiger partial charge is 0.340 e. The molecule has 2 aromatic heterocycles. The first kappa shape index (κ1) is 21.3. The summed E-state index contributed by atoms with van der Waals surface area (Å²) in [6, 6.07) is 8.50. The monoisotopic (exact) mass is 430 g/mol. The van der Waals surface area contributed by atoms with Crippen molar-refractivity contribution in [2.24, 2.45) is 0 Å². The Labute approximate surface area is 176 Å². The normalized spacial score (nSPS) is 10.8. The van der Waals surface area contributed by atoms with Crippen molar-refractivity contribution in [2.75, 3.05) is 18.0 Å². The summed E-state index contributed by atoms with van der Waals surface area (Å²) in [6.45, 7) is 4.80. The molecular weight excluding hydrogens is 412 g/mol. The molecule has 0 unspecified atom stereocenters. The molecule has 0 amide bonds. The van der Waals surface area contributed by atoms with E-state index < -0.39 is 10.9 Å². The Morgan fingerprint density at radius 1 is 1.23 bits per heavy atom. The van der Waals surface area contributed by atoms with Crippen LogP contribution in [0.4, 0.5) is 11.4 Å². The van der Waals surface area contributed by atoms with E-state index >= 15 is 0 Å². The fourth-order valence-corrected chi connectivity index (χ4v) is 3.22. The lowest BCUT2D eigenvalue weighted by Crippen LogP contribution is -2.24. The van der Waals surface area contributed by atoms with Gasteiger partial charge >= 0.3 is 5.97 Å². The number of ether oxygens (including phenoxy) is 1. The van der Waals surface area contributed by atoms with Gasteiger partial charge in [0.15, 0.2) is 0 Å². The zero-order chi connectivity index (χ0) is 21.8. The molecule has 0 spiro atoms. The molecule has 156 valence electrons. The van der Waals surface area contributed by atoms with Crippen LogP contribution in [0.2, 0.25) is 5.02 Å². The van der Waals surface area contributed by atoms with E-state index in [4.69, 9.17) is 16.3 Å². The maximum atomic E-state index is 12.7. The maximum Gasteiger partial charge on any atom is 0.340 e. The van der Waals surface area contributed by atoms with Crippen molar-refractivity contribution < 1.29 is 14.5 Å². The number of hydrogen-bond acceptors (Lipinski definition) is 7. The van der Waals surface area contributed by atoms with Crippen LogP contribution in [0.15, 0.2) is 47.4 Å². The Kier molecular flexibility index (Phi) is 6.31. The third-order valence-corrected chi connectivity index (χ3v) is 4.77. The summed E-state index contributed by atoms with van der Waals surface area (Å²) >= 11 is 5.89. The van der Waals surface area contributed by atoms with E-state index in [-0.39, 0.29) is 29.1 Å². The molecular formula is C20H19ClN4O5. The van der Waals surface area contributed by atoms with E-state index in [2.05, 4.69) is 4.98 Å². The summed E-state index contributed by atoms with van der Waals surface area (Å²) in [6.07, 6.45) is 1.45. The molecule has 30 heavy (non-hydrogen) atoms. The summed E-state index contributed by atoms with van der Waals surface area (Å²) in [4.78, 5) is 41.7. The fraction of sp³-hybridized carbons (Fsp3) is 0.250. The second-order valence-corrected chi connectivity index (χ2v) is 6.80. The highest BCUT2D eigenvalue weighted by molar-refractivity contribution is 6.30. The van der Waals surface area contributed by atoms with Crippen molar-refractivity contribution in [3.63, 3.8) is 0 Å². The van der Waals surface area contributed by atoms with Crippen molar-refractivity contribution in [3.8, 4) is 0 Å². The molecule has 0 N–H and O–H groups in total. The molecule has 1 aromatic carbocycles. The molecule has 3 aromatic rings. The molecule has 3 rings (SSSR count). The lowest BCUT2D eigenvalue weighted by Gasteiger charge is -2.23. The molecule has 0 saturated heterocycles. The second kappa shape index (κ2) is 8.91. The highest BCUT2D eigenvalue weighted by Gasteiger charge is 2.21. The Hall–Kier alpha value is -3.46. The number of benzene rings is 1. The van der Waals surface area contributed by atoms with Gasteiger partial charge < -0.3 is 9.64 Å². The summed E-state index contributed by atoms with van der Waals surface area (Å²) in [5.41, 5.74) is 0.654. The van der Waals surface area contributed by atoms with Crippen molar-refractivity contribution in [2.45, 2.75) is 20.5 Å². The Morgan fingerprint density at radius 3 is 2.63 bits per heavy atom. The van der Waals surface area contributed by atoms with Crippen LogP contribution in [0.3, 0.4) is 0 Å². The number of halogens is 1. The Bertz CT molecular complexity index is 1170. The van der Waals surface area contributed by atoms with Gasteiger partial charge in [-0.05, 0) is 32.0 Å². The van der Waals surface area contributed by atoms with Crippen LogP contribution >= 0.6 is 11.6 Å². The predicted molar refractivity (Wildman–Crippen MR) is 112 cm³/mol. The van der Waals surface area contributed by atoms with Gasteiger partial charge in [0.2, 0.25) is 0 Å². The number of hydrogen-bond donors (Lipinski definition) is 0. The first-order chi connectivity index (χ1) is 14.3. The minimum Gasteiger partial charge on any atom is -0.456 e. The number of carbonyl (C=O) groups excluding carboxylic acids is 1. The minimum atomic E-state index is -0.737. The molecule has 0 radical (unpaired) electrons. The van der Waals surface area contributed by atoms with Crippen LogP contribution in [0.1, 0.15) is 29.9 Å². The third-order valence-electron chi connectivity index (χ3n) is 4.54. The van der Waals surface area contributed by atoms with Crippen LogP contribution in [-0.4, -0.2) is 33.4 Å². The number of anilines is 1. The van der Waals surface area contributed by atoms with E-state index in [0.29, 0.717) is 29.4 Å². The van der Waals surface area contributed by atoms with Gasteiger partial charge in [-0.1, -0.05) is 11.6 Å². The molecule has 0 aliphatic carbocycles. The molecule has 10 heteroatoms. The molecule has 0 saturated carbocycles. The van der Waals surface area contributed by atoms with Gasteiger partial charge in [-0.15, -0.1) is 0 Å². The Balaban J connectivity index is 1.89. The van der Waals surface area contributed by atoms with E-state index in [9.17, 15) is 19.7 Å². The molecule has 0 aliphatic heterocycles. The highest BCUT2D eigenvalue weighted by Crippen LogP contribution is 2.26. The molecule has 0 aliphatic rings. The molecule has 9 nitrogen and oxygen atoms in total. The van der Waals surface area contributed by atoms with Crippen molar-refractivity contribution >= 4 is 34.6 Å². The number of nitro groups is 1. The third kappa shape index (κ3) is 4.41. The quantitative estimate of drug-likeness (QED) is 0.321. The molecule has 0 bridgehead atoms. The number of aromatic nitrogens is 2. The Morgan fingerprint density at radius 2 is 1.97 bits per heavy atom. The number of pyridine rings is 1. The molecule has 0 atom stereocenters. The fourth-order valence-electron chi connectivity index (χ4n) is 3.06. The number of esters is 1. The van der Waals surface area contributed by atoms with Gasteiger partial charge in [0, 0.05) is 37.5 Å². The van der Waals surface area contributed by atoms with Gasteiger partial charge in [0.1, 0.15) is 12.3 Å². The first-order valence-corrected chi connectivity index (χ1v) is 9.60. The van der Waals surface area contributed by atoms with Gasteiger partial charge in [-0.2, -0.15) is 0 Å². The molecule has 0 fully saturated rings. The van der Waals surface area contributed by atoms with E-state index in [1.165, 1.54) is 34.9 Å². The zero-order valence-corrected chi connectivity index (χ0v) is 17.1. The van der Waals surface area contributed by atoms with Crippen LogP contribution in [0, 0.1) is 10.1 Å². The minimum absolute atomic E-state index is 0.0807. The largest absolute Gasteiger partial charge is 0.456 e. The van der Waals surface area contributed by atoms with Gasteiger partial charge in [-0.3, -0.25) is 19.3 Å². The van der Waals surface area contributed by atoms with Crippen LogP contribution < -0.4 is 10.5 Å². The number of rotatable bonds is 7. The van der Waals surface area contributed by atoms with Crippen molar-refractivity contribution in [1.82, 2.24) is 9.38 Å². The van der Waals surface area contributed by atoms with Crippen molar-refractivity contribution in [3.05, 3.63) is 79.3 Å². The topological polar surface area (TPSA) is 107 Å². The average Bonchev–Trinajstić information content (AvgIpc) is 2.73. The van der Waals surface area contributed by atoms with Gasteiger partial charge in [0.05, 0.1) is 26.9 Å². The summed E-state index contributed by atoms with van der Waals surface area (Å²) in [5.74, 6) is -0.737. The van der Waals surface area contributed by atoms with Crippen LogP contribution in [0.5, 0.6) is 0 Å². The number of nitro benzene ring substituents is 1. The second-order valence-electron chi connectivity index (χ2n) is 6.37. The maximum absolute atomic E-state index is 12.7.